The number of hydrogen-bond acceptors (Lipinski definition) is 5. The van der Waals surface area contributed by atoms with Gasteiger partial charge in [-0.15, -0.1) is 0 Å². The van der Waals surface area contributed by atoms with E-state index in [2.05, 4.69) is 5.32 Å². The normalized spacial score (nSPS) is 12.2. The molecule has 204 valence electrons. The lowest BCUT2D eigenvalue weighted by atomic mass is 10.1. The van der Waals surface area contributed by atoms with Crippen LogP contribution in [0.5, 0.6) is 5.75 Å². The van der Waals surface area contributed by atoms with Gasteiger partial charge in [-0.2, -0.15) is 0 Å². The predicted molar refractivity (Wildman–Crippen MR) is 148 cm³/mol. The van der Waals surface area contributed by atoms with Crippen LogP contribution in [0.4, 0.5) is 5.69 Å². The van der Waals surface area contributed by atoms with Crippen molar-refractivity contribution in [3.05, 3.63) is 59.2 Å². The SMILES string of the molecule is CC[C@H](C(=O)NC(C)C)N(Cc1ccc(OC)cc1)C(=O)CCCN(c1cc(C)cc(C)c1)S(C)(=O)=O. The number of hydrogen-bond donors (Lipinski definition) is 1. The molecule has 0 saturated heterocycles. The quantitative estimate of drug-likeness (QED) is 0.418. The molecule has 1 N–H and O–H groups in total. The number of nitrogens with one attached hydrogen (secondary N) is 1. The van der Waals surface area contributed by atoms with Crippen LogP contribution < -0.4 is 14.4 Å². The molecule has 2 rings (SSSR count). The minimum Gasteiger partial charge on any atom is -0.497 e. The molecule has 0 aliphatic rings. The van der Waals surface area contributed by atoms with Crippen molar-refractivity contribution in [1.29, 1.82) is 0 Å². The molecule has 0 heterocycles. The highest BCUT2D eigenvalue weighted by Gasteiger charge is 2.29. The highest BCUT2D eigenvalue weighted by Crippen LogP contribution is 2.23. The van der Waals surface area contributed by atoms with Crippen LogP contribution in [0.25, 0.3) is 0 Å². The highest BCUT2D eigenvalue weighted by atomic mass is 32.2. The number of anilines is 1. The van der Waals surface area contributed by atoms with Gasteiger partial charge < -0.3 is 15.0 Å². The third-order valence-corrected chi connectivity index (χ3v) is 7.17. The Bertz CT molecular complexity index is 1140. The van der Waals surface area contributed by atoms with Crippen molar-refractivity contribution in [3.63, 3.8) is 0 Å². The van der Waals surface area contributed by atoms with E-state index in [1.54, 1.807) is 12.0 Å². The van der Waals surface area contributed by atoms with Crippen LogP contribution >= 0.6 is 0 Å². The molecule has 9 heteroatoms. The van der Waals surface area contributed by atoms with Gasteiger partial charge in [0.05, 0.1) is 19.1 Å². The minimum atomic E-state index is -3.54. The smallest absolute Gasteiger partial charge is 0.243 e. The second kappa shape index (κ2) is 13.5. The van der Waals surface area contributed by atoms with E-state index in [0.717, 1.165) is 16.7 Å². The number of ether oxygens (including phenoxy) is 1. The average Bonchev–Trinajstić information content (AvgIpc) is 2.80. The zero-order valence-electron chi connectivity index (χ0n) is 23.1. The Morgan fingerprint density at radius 3 is 2.11 bits per heavy atom. The van der Waals surface area contributed by atoms with Crippen LogP contribution in [-0.4, -0.2) is 57.1 Å². The summed E-state index contributed by atoms with van der Waals surface area (Å²) in [7, 11) is -1.95. The van der Waals surface area contributed by atoms with E-state index in [-0.39, 0.29) is 37.4 Å². The summed E-state index contributed by atoms with van der Waals surface area (Å²) in [5.74, 6) is 0.307. The van der Waals surface area contributed by atoms with Crippen molar-refractivity contribution in [1.82, 2.24) is 10.2 Å². The van der Waals surface area contributed by atoms with E-state index in [0.29, 0.717) is 24.3 Å². The molecule has 2 aromatic rings. The number of aryl methyl sites for hydroxylation is 2. The minimum absolute atomic E-state index is 0.0550. The average molecular weight is 532 g/mol. The molecular formula is C28H41N3O5S. The molecule has 2 amide bonds. The molecule has 37 heavy (non-hydrogen) atoms. The maximum absolute atomic E-state index is 13.5. The van der Waals surface area contributed by atoms with Crippen LogP contribution in [-0.2, 0) is 26.2 Å². The molecule has 0 aromatic heterocycles. The van der Waals surface area contributed by atoms with Crippen LogP contribution in [0.2, 0.25) is 0 Å². The maximum atomic E-state index is 13.5. The molecule has 0 aliphatic heterocycles. The molecule has 2 aromatic carbocycles. The Hall–Kier alpha value is -3.07. The van der Waals surface area contributed by atoms with E-state index in [9.17, 15) is 18.0 Å². The standard InChI is InChI=1S/C28H41N3O5S/c1-8-26(28(33)29-20(2)3)30(19-23-11-13-25(36-6)14-12-23)27(32)10-9-15-31(37(7,34)35)24-17-21(4)16-22(5)18-24/h11-14,16-18,20,26H,8-10,15,19H2,1-7H3,(H,29,33)/t26-/m1/s1. The number of sulfonamides is 1. The van der Waals surface area contributed by atoms with Crippen molar-refractivity contribution in [2.75, 3.05) is 24.2 Å². The van der Waals surface area contributed by atoms with Gasteiger partial charge in [-0.1, -0.05) is 25.1 Å². The summed E-state index contributed by atoms with van der Waals surface area (Å²) in [5, 5.41) is 2.92. The molecule has 0 aliphatic carbocycles. The molecule has 8 nitrogen and oxygen atoms in total. The van der Waals surface area contributed by atoms with Gasteiger partial charge in [0.1, 0.15) is 11.8 Å². The summed E-state index contributed by atoms with van der Waals surface area (Å²) < 4.78 is 31.7. The van der Waals surface area contributed by atoms with E-state index < -0.39 is 16.1 Å². The Morgan fingerprint density at radius 1 is 1.03 bits per heavy atom. The molecule has 0 bridgehead atoms. The van der Waals surface area contributed by atoms with Gasteiger partial charge >= 0.3 is 0 Å². The van der Waals surface area contributed by atoms with Crippen molar-refractivity contribution < 1.29 is 22.7 Å². The third-order valence-electron chi connectivity index (χ3n) is 5.98. The first-order valence-corrected chi connectivity index (χ1v) is 14.5. The largest absolute Gasteiger partial charge is 0.497 e. The number of methoxy groups -OCH3 is 1. The number of carbonyl (C=O) groups excluding carboxylic acids is 2. The number of benzene rings is 2. The van der Waals surface area contributed by atoms with Crippen LogP contribution in [0.1, 0.15) is 56.7 Å². The molecular weight excluding hydrogens is 490 g/mol. The fourth-order valence-corrected chi connectivity index (χ4v) is 5.28. The maximum Gasteiger partial charge on any atom is 0.243 e. The summed E-state index contributed by atoms with van der Waals surface area (Å²) in [5.41, 5.74) is 3.39. The van der Waals surface area contributed by atoms with Gasteiger partial charge in [-0.25, -0.2) is 8.42 Å². The first kappa shape index (κ1) is 30.2. The first-order chi connectivity index (χ1) is 17.3. The molecule has 1 atom stereocenters. The van der Waals surface area contributed by atoms with Crippen molar-refractivity contribution in [2.45, 2.75) is 72.5 Å². The van der Waals surface area contributed by atoms with Gasteiger partial charge in [0.25, 0.3) is 0 Å². The molecule has 0 saturated carbocycles. The lowest BCUT2D eigenvalue weighted by Crippen LogP contribution is -2.50. The Labute approximate surface area is 222 Å². The number of nitrogens with zero attached hydrogens (tertiary/aromatic N) is 2. The van der Waals surface area contributed by atoms with Crippen molar-refractivity contribution >= 4 is 27.5 Å². The van der Waals surface area contributed by atoms with E-state index in [1.165, 1.54) is 10.6 Å². The topological polar surface area (TPSA) is 96.0 Å². The lowest BCUT2D eigenvalue weighted by Gasteiger charge is -2.31. The predicted octanol–water partition coefficient (Wildman–Crippen LogP) is 4.19. The second-order valence-corrected chi connectivity index (χ2v) is 11.6. The number of rotatable bonds is 13. The summed E-state index contributed by atoms with van der Waals surface area (Å²) >= 11 is 0. The van der Waals surface area contributed by atoms with Crippen molar-refractivity contribution in [2.24, 2.45) is 0 Å². The fraction of sp³-hybridized carbons (Fsp3) is 0.500. The zero-order valence-corrected chi connectivity index (χ0v) is 23.9. The fourth-order valence-electron chi connectivity index (χ4n) is 4.33. The summed E-state index contributed by atoms with van der Waals surface area (Å²) in [6, 6.07) is 12.3. The molecule has 0 spiro atoms. The lowest BCUT2D eigenvalue weighted by molar-refractivity contribution is -0.141. The van der Waals surface area contributed by atoms with Gasteiger partial charge in [0.15, 0.2) is 0 Å². The summed E-state index contributed by atoms with van der Waals surface area (Å²) in [6.45, 7) is 9.91. The number of amides is 2. The van der Waals surface area contributed by atoms with Crippen molar-refractivity contribution in [3.8, 4) is 5.75 Å². The second-order valence-electron chi connectivity index (χ2n) is 9.74. The molecule has 0 fully saturated rings. The Balaban J connectivity index is 2.24. The zero-order chi connectivity index (χ0) is 27.8. The van der Waals surface area contributed by atoms with E-state index in [4.69, 9.17) is 4.74 Å². The van der Waals surface area contributed by atoms with Crippen LogP contribution in [0, 0.1) is 13.8 Å². The first-order valence-electron chi connectivity index (χ1n) is 12.6. The molecule has 0 radical (unpaired) electrons. The monoisotopic (exact) mass is 531 g/mol. The summed E-state index contributed by atoms with van der Waals surface area (Å²) in [4.78, 5) is 28.1. The summed E-state index contributed by atoms with van der Waals surface area (Å²) in [6.07, 6.45) is 2.06. The molecule has 0 unspecified atom stereocenters. The van der Waals surface area contributed by atoms with Gasteiger partial charge in [-0.05, 0) is 81.5 Å². The van der Waals surface area contributed by atoms with Gasteiger partial charge in [0.2, 0.25) is 21.8 Å². The van der Waals surface area contributed by atoms with E-state index in [1.807, 2.05) is 77.1 Å². The Kier molecular flexibility index (Phi) is 11.0. The highest BCUT2D eigenvalue weighted by molar-refractivity contribution is 7.92. The van der Waals surface area contributed by atoms with Crippen LogP contribution in [0.3, 0.4) is 0 Å². The third kappa shape index (κ3) is 9.07. The van der Waals surface area contributed by atoms with Gasteiger partial charge in [0, 0.05) is 25.6 Å². The van der Waals surface area contributed by atoms with Gasteiger partial charge in [-0.3, -0.25) is 13.9 Å². The van der Waals surface area contributed by atoms with E-state index >= 15 is 0 Å². The van der Waals surface area contributed by atoms with Crippen LogP contribution in [0.15, 0.2) is 42.5 Å². The number of carbonyl (C=O) groups is 2. The Morgan fingerprint density at radius 2 is 1.62 bits per heavy atom.